The number of rotatable bonds is 9. The van der Waals surface area contributed by atoms with E-state index in [0.717, 1.165) is 16.5 Å². The minimum absolute atomic E-state index is 0.0330. The van der Waals surface area contributed by atoms with Crippen molar-refractivity contribution in [1.82, 2.24) is 15.6 Å². The first-order chi connectivity index (χ1) is 18.1. The number of halogens is 3. The summed E-state index contributed by atoms with van der Waals surface area (Å²) in [6.45, 7) is -0.935. The summed E-state index contributed by atoms with van der Waals surface area (Å²) in [6, 6.07) is 15.7. The first kappa shape index (κ1) is 30.2. The van der Waals surface area contributed by atoms with Crippen LogP contribution in [0.25, 0.3) is 10.9 Å². The van der Waals surface area contributed by atoms with Crippen LogP contribution in [-0.2, 0) is 21.7 Å². The molecule has 0 bridgehead atoms. The first-order valence-corrected chi connectivity index (χ1v) is 12.1. The van der Waals surface area contributed by atoms with Gasteiger partial charge in [0.2, 0.25) is 0 Å². The van der Waals surface area contributed by atoms with Gasteiger partial charge in [0.25, 0.3) is 5.91 Å². The summed E-state index contributed by atoms with van der Waals surface area (Å²) in [6.07, 6.45) is -2.15. The van der Waals surface area contributed by atoms with Gasteiger partial charge in [0.15, 0.2) is 0 Å². The van der Waals surface area contributed by atoms with E-state index in [1.807, 2.05) is 47.8 Å². The maximum Gasteiger partial charge on any atom is 0.411 e. The smallest absolute Gasteiger partial charge is 0.411 e. The normalized spacial score (nSPS) is 10.6. The molecule has 0 saturated heterocycles. The van der Waals surface area contributed by atoms with Gasteiger partial charge in [-0.2, -0.15) is 21.6 Å². The lowest BCUT2D eigenvalue weighted by Gasteiger charge is -2.10. The number of hydrogen-bond acceptors (Lipinski definition) is 7. The number of para-hydroxylation sites is 1. The molecule has 14 heteroatoms. The minimum Gasteiger partial charge on any atom is -0.491 e. The molecular formula is C24H25F3N4O6S. The second-order valence-corrected chi connectivity index (χ2v) is 8.06. The zero-order valence-electron chi connectivity index (χ0n) is 20.2. The van der Waals surface area contributed by atoms with Crippen molar-refractivity contribution < 1.29 is 40.7 Å². The standard InChI is InChI=1S/C22H21F3N2O3.C2H4N2O3S/c23-22(24,25)15-29-11-12-30-19-7-5-16(6-8-19)9-10-26-21(28)18-13-17-3-1-2-4-20(17)27-14-18;1-3-2(5)4-8(6)7/h1-8,13-14H,9-12,15H2,(H,26,28);1H3,(H,3,5). The molecule has 0 aliphatic carbocycles. The summed E-state index contributed by atoms with van der Waals surface area (Å²) >= 11 is 0. The van der Waals surface area contributed by atoms with Crippen LogP contribution < -0.4 is 15.4 Å². The molecule has 0 atom stereocenters. The van der Waals surface area contributed by atoms with Crippen LogP contribution in [0.15, 0.2) is 65.2 Å². The molecular weight excluding hydrogens is 529 g/mol. The highest BCUT2D eigenvalue weighted by atomic mass is 32.2. The Morgan fingerprint density at radius 3 is 2.39 bits per heavy atom. The fourth-order valence-electron chi connectivity index (χ4n) is 2.89. The maximum absolute atomic E-state index is 12.3. The van der Waals surface area contributed by atoms with Crippen molar-refractivity contribution >= 4 is 33.3 Å². The van der Waals surface area contributed by atoms with E-state index in [1.165, 1.54) is 7.05 Å². The van der Waals surface area contributed by atoms with Crippen LogP contribution in [0.4, 0.5) is 18.0 Å². The molecule has 2 aromatic carbocycles. The van der Waals surface area contributed by atoms with Gasteiger partial charge in [0.05, 0.1) is 17.7 Å². The fourth-order valence-corrected chi connectivity index (χ4v) is 3.12. The van der Waals surface area contributed by atoms with Gasteiger partial charge in [-0.15, -0.1) is 0 Å². The first-order valence-electron chi connectivity index (χ1n) is 11.1. The monoisotopic (exact) mass is 554 g/mol. The zero-order chi connectivity index (χ0) is 28.0. The topological polar surface area (TPSA) is 136 Å². The SMILES string of the molecule is CNC(=O)N=S(=O)=O.O=C(NCCc1ccc(OCCOCC(F)(F)F)cc1)c1cnc2ccccc2c1. The Morgan fingerprint density at radius 2 is 1.76 bits per heavy atom. The van der Waals surface area contributed by atoms with E-state index < -0.39 is 29.3 Å². The second-order valence-electron chi connectivity index (χ2n) is 7.45. The summed E-state index contributed by atoms with van der Waals surface area (Å²) in [4.78, 5) is 26.6. The van der Waals surface area contributed by atoms with Crippen molar-refractivity contribution in [2.45, 2.75) is 12.6 Å². The molecule has 0 aliphatic rings. The molecule has 0 radical (unpaired) electrons. The highest BCUT2D eigenvalue weighted by Gasteiger charge is 2.27. The number of alkyl halides is 3. The molecule has 3 aromatic rings. The number of nitrogens with zero attached hydrogens (tertiary/aromatic N) is 2. The van der Waals surface area contributed by atoms with Gasteiger partial charge in [-0.1, -0.05) is 34.7 Å². The van der Waals surface area contributed by atoms with E-state index in [0.29, 0.717) is 24.3 Å². The van der Waals surface area contributed by atoms with Gasteiger partial charge in [-0.25, -0.2) is 4.79 Å². The predicted molar refractivity (Wildman–Crippen MR) is 132 cm³/mol. The van der Waals surface area contributed by atoms with E-state index in [1.54, 1.807) is 18.3 Å². The molecule has 0 unspecified atom stereocenters. The molecule has 3 amide bonds. The van der Waals surface area contributed by atoms with E-state index >= 15 is 0 Å². The Hall–Kier alpha value is -4.04. The van der Waals surface area contributed by atoms with E-state index in [4.69, 9.17) is 4.74 Å². The number of fused-ring (bicyclic) bond motifs is 1. The summed E-state index contributed by atoms with van der Waals surface area (Å²) in [5.41, 5.74) is 2.33. The maximum atomic E-state index is 12.3. The van der Waals surface area contributed by atoms with Crippen molar-refractivity contribution in [3.63, 3.8) is 0 Å². The lowest BCUT2D eigenvalue weighted by molar-refractivity contribution is -0.175. The molecule has 10 nitrogen and oxygen atoms in total. The van der Waals surface area contributed by atoms with E-state index in [9.17, 15) is 31.2 Å². The van der Waals surface area contributed by atoms with Crippen LogP contribution >= 0.6 is 0 Å². The third kappa shape index (κ3) is 11.8. The zero-order valence-corrected chi connectivity index (χ0v) is 21.0. The number of ether oxygens (including phenoxy) is 2. The van der Waals surface area contributed by atoms with Crippen LogP contribution in [0, 0.1) is 0 Å². The third-order valence-electron chi connectivity index (χ3n) is 4.61. The average Bonchev–Trinajstić information content (AvgIpc) is 2.88. The number of carbonyl (C=O) groups excluding carboxylic acids is 2. The number of urea groups is 1. The molecule has 1 aromatic heterocycles. The van der Waals surface area contributed by atoms with E-state index in [2.05, 4.69) is 19.4 Å². The molecule has 204 valence electrons. The molecule has 38 heavy (non-hydrogen) atoms. The number of carbonyl (C=O) groups is 2. The number of amides is 3. The van der Waals surface area contributed by atoms with Gasteiger partial charge in [0.1, 0.15) is 19.0 Å². The molecule has 0 saturated carbocycles. The fraction of sp³-hybridized carbons (Fsp3) is 0.292. The van der Waals surface area contributed by atoms with Crippen molar-refractivity contribution in [3.05, 3.63) is 71.9 Å². The lowest BCUT2D eigenvalue weighted by atomic mass is 10.1. The number of aromatic nitrogens is 1. The molecule has 0 aliphatic heterocycles. The largest absolute Gasteiger partial charge is 0.491 e. The van der Waals surface area contributed by atoms with Gasteiger partial charge < -0.3 is 20.1 Å². The Kier molecular flexibility index (Phi) is 12.1. The van der Waals surface area contributed by atoms with Crippen LogP contribution in [0.1, 0.15) is 15.9 Å². The van der Waals surface area contributed by atoms with Gasteiger partial charge in [-0.05, 0) is 36.2 Å². The molecule has 2 N–H and O–H groups in total. The molecule has 3 rings (SSSR count). The quantitative estimate of drug-likeness (QED) is 0.386. The molecule has 0 fully saturated rings. The van der Waals surface area contributed by atoms with Crippen molar-refractivity contribution in [3.8, 4) is 5.75 Å². The summed E-state index contributed by atoms with van der Waals surface area (Å²) in [7, 11) is -1.34. The lowest BCUT2D eigenvalue weighted by Crippen LogP contribution is -2.25. The van der Waals surface area contributed by atoms with Crippen LogP contribution in [0.3, 0.4) is 0 Å². The highest BCUT2D eigenvalue weighted by molar-refractivity contribution is 7.62. The van der Waals surface area contributed by atoms with E-state index in [-0.39, 0.29) is 19.1 Å². The minimum atomic E-state index is -4.33. The Labute approximate surface area is 217 Å². The van der Waals surface area contributed by atoms with Crippen molar-refractivity contribution in [1.29, 1.82) is 0 Å². The van der Waals surface area contributed by atoms with Gasteiger partial charge in [0, 0.05) is 25.2 Å². The van der Waals surface area contributed by atoms with Gasteiger partial charge >= 0.3 is 22.7 Å². The average molecular weight is 555 g/mol. The number of nitrogens with one attached hydrogen (secondary N) is 2. The summed E-state index contributed by atoms with van der Waals surface area (Å²) in [5.74, 6) is 0.354. The second kappa shape index (κ2) is 15.3. The van der Waals surface area contributed by atoms with Crippen LogP contribution in [0.5, 0.6) is 5.75 Å². The Balaban J connectivity index is 0.000000550. The number of benzene rings is 2. The van der Waals surface area contributed by atoms with Crippen molar-refractivity contribution in [2.24, 2.45) is 4.36 Å². The number of hydrogen-bond donors (Lipinski definition) is 2. The Bertz CT molecular complexity index is 1340. The van der Waals surface area contributed by atoms with Crippen LogP contribution in [0.2, 0.25) is 0 Å². The number of pyridine rings is 1. The summed E-state index contributed by atoms with van der Waals surface area (Å²) in [5, 5.41) is 5.77. The molecule has 0 spiro atoms. The Morgan fingerprint density at radius 1 is 1.05 bits per heavy atom. The summed E-state index contributed by atoms with van der Waals surface area (Å²) < 4.78 is 67.4. The molecule has 1 heterocycles. The third-order valence-corrected chi connectivity index (χ3v) is 4.92. The highest BCUT2D eigenvalue weighted by Crippen LogP contribution is 2.15. The van der Waals surface area contributed by atoms with Gasteiger partial charge in [-0.3, -0.25) is 9.78 Å². The van der Waals surface area contributed by atoms with Crippen LogP contribution in [-0.4, -0.2) is 64.9 Å². The van der Waals surface area contributed by atoms with Crippen molar-refractivity contribution in [2.75, 3.05) is 33.4 Å². The predicted octanol–water partition coefficient (Wildman–Crippen LogP) is 3.55.